The van der Waals surface area contributed by atoms with Crippen LogP contribution in [0.5, 0.6) is 11.6 Å². The lowest BCUT2D eigenvalue weighted by Crippen LogP contribution is -2.43. The third-order valence-electron chi connectivity index (χ3n) is 10.8. The number of carbonyl (C=O) groups excluding carboxylic acids is 2. The highest BCUT2D eigenvalue weighted by atomic mass is 19.4. The first-order valence-electron chi connectivity index (χ1n) is 18.9. The molecule has 314 valence electrons. The molecule has 2 saturated heterocycles. The van der Waals surface area contributed by atoms with E-state index in [0.717, 1.165) is 5.56 Å². The predicted molar refractivity (Wildman–Crippen MR) is 211 cm³/mol. The number of ether oxygens (including phenoxy) is 4. The van der Waals surface area contributed by atoms with Crippen molar-refractivity contribution in [3.8, 4) is 28.4 Å². The van der Waals surface area contributed by atoms with Crippen LogP contribution in [0.25, 0.3) is 16.8 Å². The van der Waals surface area contributed by atoms with Crippen molar-refractivity contribution in [1.82, 2.24) is 24.6 Å². The second-order valence-electron chi connectivity index (χ2n) is 14.8. The fourth-order valence-electron chi connectivity index (χ4n) is 7.77. The maximum absolute atomic E-state index is 15.1. The zero-order valence-electron chi connectivity index (χ0n) is 32.9. The number of benzene rings is 3. The van der Waals surface area contributed by atoms with Gasteiger partial charge in [-0.05, 0) is 72.6 Å². The van der Waals surface area contributed by atoms with E-state index in [-0.39, 0.29) is 53.9 Å². The van der Waals surface area contributed by atoms with Crippen molar-refractivity contribution in [3.05, 3.63) is 107 Å². The number of carboxylic acid groups (broad SMARTS) is 1. The fourth-order valence-corrected chi connectivity index (χ4v) is 7.77. The number of hydrogen-bond donors (Lipinski definition) is 2. The molecular weight excluding hydrogens is 787 g/mol. The molecule has 2 aromatic heterocycles. The zero-order chi connectivity index (χ0) is 42.8. The number of anilines is 2. The van der Waals surface area contributed by atoms with Crippen LogP contribution in [-0.4, -0.2) is 93.9 Å². The molecule has 0 aliphatic carbocycles. The van der Waals surface area contributed by atoms with Crippen molar-refractivity contribution < 1.29 is 51.6 Å². The number of aromatic nitrogens is 4. The van der Waals surface area contributed by atoms with Gasteiger partial charge >= 0.3 is 24.2 Å². The number of aryl methyl sites for hydroxylation is 1. The van der Waals surface area contributed by atoms with Crippen LogP contribution in [0.3, 0.4) is 0 Å². The molecule has 2 aliphatic rings. The van der Waals surface area contributed by atoms with E-state index in [1.165, 1.54) is 60.3 Å². The molecule has 0 bridgehead atoms. The van der Waals surface area contributed by atoms with E-state index in [2.05, 4.69) is 15.1 Å². The molecule has 2 fully saturated rings. The number of rotatable bonds is 11. The van der Waals surface area contributed by atoms with Gasteiger partial charge in [0.2, 0.25) is 17.9 Å². The summed E-state index contributed by atoms with van der Waals surface area (Å²) in [7, 11) is 2.63. The van der Waals surface area contributed by atoms with E-state index < -0.39 is 47.6 Å². The molecule has 1 unspecified atom stereocenters. The van der Waals surface area contributed by atoms with Gasteiger partial charge in [-0.1, -0.05) is 48.5 Å². The zero-order valence-corrected chi connectivity index (χ0v) is 32.9. The number of carbonyl (C=O) groups is 3. The van der Waals surface area contributed by atoms with Crippen LogP contribution in [0.2, 0.25) is 0 Å². The number of alkyl halides is 3. The van der Waals surface area contributed by atoms with Gasteiger partial charge in [-0.15, -0.1) is 0 Å². The number of carboxylic acids is 1. The van der Waals surface area contributed by atoms with Gasteiger partial charge in [-0.25, -0.2) is 19.1 Å². The third-order valence-corrected chi connectivity index (χ3v) is 10.8. The number of halogens is 3. The second kappa shape index (κ2) is 16.8. The highest BCUT2D eigenvalue weighted by molar-refractivity contribution is 5.93. The molecule has 7 rings (SSSR count). The Morgan fingerprint density at radius 2 is 1.68 bits per heavy atom. The lowest BCUT2D eigenvalue weighted by Gasteiger charge is -2.39. The quantitative estimate of drug-likeness (QED) is 0.133. The topological polar surface area (TPSA) is 184 Å². The molecule has 60 heavy (non-hydrogen) atoms. The molecule has 1 spiro atoms. The largest absolute Gasteiger partial charge is 0.496 e. The van der Waals surface area contributed by atoms with Gasteiger partial charge in [0.25, 0.3) is 0 Å². The fraction of sp³-hybridized carbons (Fsp3) is 0.333. The molecule has 1 amide bonds. The van der Waals surface area contributed by atoms with E-state index in [1.807, 2.05) is 23.1 Å². The summed E-state index contributed by atoms with van der Waals surface area (Å²) < 4.78 is 68.1. The molecule has 15 nitrogen and oxygen atoms in total. The Morgan fingerprint density at radius 3 is 2.33 bits per heavy atom. The summed E-state index contributed by atoms with van der Waals surface area (Å²) in [4.78, 5) is 49.0. The third kappa shape index (κ3) is 8.76. The van der Waals surface area contributed by atoms with Gasteiger partial charge in [0.1, 0.15) is 29.8 Å². The van der Waals surface area contributed by atoms with Crippen molar-refractivity contribution >= 4 is 29.8 Å². The van der Waals surface area contributed by atoms with Crippen molar-refractivity contribution in [2.75, 3.05) is 44.5 Å². The van der Waals surface area contributed by atoms with Crippen LogP contribution in [0.4, 0.5) is 29.7 Å². The van der Waals surface area contributed by atoms with Gasteiger partial charge < -0.3 is 34.7 Å². The molecule has 0 radical (unpaired) electrons. The minimum atomic E-state index is -4.95. The lowest BCUT2D eigenvalue weighted by atomic mass is 9.76. The van der Waals surface area contributed by atoms with E-state index in [4.69, 9.17) is 24.7 Å². The summed E-state index contributed by atoms with van der Waals surface area (Å²) in [6.07, 6.45) is -5.53. The number of likely N-dealkylation sites (tertiary alicyclic amines) is 1. The van der Waals surface area contributed by atoms with E-state index >= 15 is 13.2 Å². The summed E-state index contributed by atoms with van der Waals surface area (Å²) in [5, 5.41) is 14.4. The standard InChI is InChI=1S/C42H42F3N7O8/c1-25-13-16-52(49-25)31-19-27(28-10-12-30(38(55)58-3)33(20-28)57-2)9-11-29(31)36(42(43,44)45)60-35-21-34(47-39(46)48-35)50-17-14-41(15-18-50)22-32(37(53)54)51(24-41)40(56)59-23-26-7-5-4-6-8-26/h4-13,16,19-21,32,36H,14-15,17-18,22-24H2,1-3H3,(H,53,54)(H2,46,47,48)/t32?,36-/m1/s1. The molecule has 3 N–H and O–H groups in total. The molecular formula is C42H42F3N7O8. The van der Waals surface area contributed by atoms with Crippen molar-refractivity contribution in [1.29, 1.82) is 0 Å². The Kier molecular flexibility index (Phi) is 11.6. The van der Waals surface area contributed by atoms with Gasteiger partial charge in [0.05, 0.1) is 25.6 Å². The molecule has 0 saturated carbocycles. The van der Waals surface area contributed by atoms with Crippen molar-refractivity contribution in [2.24, 2.45) is 5.41 Å². The van der Waals surface area contributed by atoms with Gasteiger partial charge in [-0.2, -0.15) is 28.2 Å². The van der Waals surface area contributed by atoms with E-state index in [0.29, 0.717) is 42.8 Å². The summed E-state index contributed by atoms with van der Waals surface area (Å²) in [6.45, 7) is 2.55. The molecule has 3 aromatic carbocycles. The average Bonchev–Trinajstić information content (AvgIpc) is 3.85. The minimum absolute atomic E-state index is 0.00264. The average molecular weight is 830 g/mol. The Labute approximate surface area is 342 Å². The Balaban J connectivity index is 1.12. The van der Waals surface area contributed by atoms with Crippen LogP contribution >= 0.6 is 0 Å². The summed E-state index contributed by atoms with van der Waals surface area (Å²) in [5.74, 6) is -2.04. The molecule has 18 heteroatoms. The monoisotopic (exact) mass is 829 g/mol. The number of piperidine rings is 1. The summed E-state index contributed by atoms with van der Waals surface area (Å²) in [6, 6.07) is 20.0. The number of nitrogens with two attached hydrogens (primary N) is 1. The molecule has 4 heterocycles. The number of hydrogen-bond acceptors (Lipinski definition) is 12. The van der Waals surface area contributed by atoms with Crippen LogP contribution in [0.15, 0.2) is 85.1 Å². The number of amides is 1. The van der Waals surface area contributed by atoms with Crippen LogP contribution in [-0.2, 0) is 20.9 Å². The predicted octanol–water partition coefficient (Wildman–Crippen LogP) is 6.78. The van der Waals surface area contributed by atoms with Gasteiger partial charge in [0, 0.05) is 37.5 Å². The number of esters is 1. The first-order valence-corrected chi connectivity index (χ1v) is 18.9. The van der Waals surface area contributed by atoms with Crippen LogP contribution < -0.4 is 20.1 Å². The Bertz CT molecular complexity index is 2380. The van der Waals surface area contributed by atoms with Crippen molar-refractivity contribution in [2.45, 2.75) is 51.1 Å². The maximum atomic E-state index is 15.1. The highest BCUT2D eigenvalue weighted by Gasteiger charge is 2.51. The van der Waals surface area contributed by atoms with Gasteiger partial charge in [0.15, 0.2) is 0 Å². The molecule has 2 aliphatic heterocycles. The van der Waals surface area contributed by atoms with E-state index in [9.17, 15) is 19.5 Å². The molecule has 5 aromatic rings. The number of nitrogen functional groups attached to an aromatic ring is 1. The Hall–Kier alpha value is -6.85. The Morgan fingerprint density at radius 1 is 0.967 bits per heavy atom. The number of nitrogens with zero attached hydrogens (tertiary/aromatic N) is 6. The first kappa shape index (κ1) is 41.3. The minimum Gasteiger partial charge on any atom is -0.496 e. The second-order valence-corrected chi connectivity index (χ2v) is 14.8. The molecule has 2 atom stereocenters. The maximum Gasteiger partial charge on any atom is 0.429 e. The van der Waals surface area contributed by atoms with Crippen molar-refractivity contribution in [3.63, 3.8) is 0 Å². The van der Waals surface area contributed by atoms with Crippen LogP contribution in [0.1, 0.15) is 52.5 Å². The lowest BCUT2D eigenvalue weighted by molar-refractivity contribution is -0.198. The summed E-state index contributed by atoms with van der Waals surface area (Å²) in [5.41, 5.74) is 7.87. The smallest absolute Gasteiger partial charge is 0.429 e. The van der Waals surface area contributed by atoms with Gasteiger partial charge in [-0.3, -0.25) is 4.90 Å². The SMILES string of the molecule is COC(=O)c1ccc(-c2ccc([C@@H](Oc3cc(N4CCC5(CC4)CC(C(=O)O)N(C(=O)OCc4ccccc4)C5)nc(N)n3)C(F)(F)F)c(-n3ccc(C)n3)c2)cc1OC. The normalized spacial score (nSPS) is 16.7. The first-order chi connectivity index (χ1) is 28.7. The number of aliphatic carboxylic acids is 1. The number of methoxy groups -OCH3 is 2. The summed E-state index contributed by atoms with van der Waals surface area (Å²) >= 11 is 0. The highest BCUT2D eigenvalue weighted by Crippen LogP contribution is 2.45. The van der Waals surface area contributed by atoms with Crippen LogP contribution in [0, 0.1) is 12.3 Å². The van der Waals surface area contributed by atoms with E-state index in [1.54, 1.807) is 37.3 Å².